The van der Waals surface area contributed by atoms with Gasteiger partial charge in [0.15, 0.2) is 0 Å². The van der Waals surface area contributed by atoms with Gasteiger partial charge in [0.05, 0.1) is 23.9 Å². The van der Waals surface area contributed by atoms with Crippen molar-refractivity contribution in [3.63, 3.8) is 0 Å². The molecule has 0 amide bonds. The molecule has 13 atom stereocenters. The fourth-order valence-electron chi connectivity index (χ4n) is 10.4. The Bertz CT molecular complexity index is 756. The van der Waals surface area contributed by atoms with Gasteiger partial charge in [-0.25, -0.2) is 0 Å². The predicted molar refractivity (Wildman–Crippen MR) is 88.3 cm³/mol. The first-order valence-corrected chi connectivity index (χ1v) is 9.95. The van der Waals surface area contributed by atoms with Crippen LogP contribution >= 0.6 is 0 Å². The molecule has 0 aromatic heterocycles. The van der Waals surface area contributed by atoms with Crippen LogP contribution in [0.4, 0.5) is 0 Å². The van der Waals surface area contributed by atoms with Gasteiger partial charge in [0.1, 0.15) is 0 Å². The van der Waals surface area contributed by atoms with Crippen molar-refractivity contribution in [3.05, 3.63) is 12.2 Å². The molecule has 3 saturated heterocycles. The van der Waals surface area contributed by atoms with Gasteiger partial charge in [0, 0.05) is 34.9 Å². The Morgan fingerprint density at radius 3 is 2.64 bits per heavy atom. The fourth-order valence-corrected chi connectivity index (χ4v) is 10.4. The predicted octanol–water partition coefficient (Wildman–Crippen LogP) is -0.121. The highest BCUT2D eigenvalue weighted by molar-refractivity contribution is 5.47. The minimum absolute atomic E-state index is 0.194. The highest BCUT2D eigenvalue weighted by Crippen LogP contribution is 2.88. The van der Waals surface area contributed by atoms with Gasteiger partial charge >= 0.3 is 0 Å². The van der Waals surface area contributed by atoms with E-state index in [2.05, 4.69) is 18.4 Å². The zero-order valence-electron chi connectivity index (χ0n) is 14.6. The van der Waals surface area contributed by atoms with Crippen LogP contribution in [0.2, 0.25) is 0 Å². The highest BCUT2D eigenvalue weighted by atomic mass is 16.3. The normalized spacial score (nSPS) is 76.5. The van der Waals surface area contributed by atoms with Crippen LogP contribution in [0.5, 0.6) is 0 Å². The molecule has 4 N–H and O–H groups in total. The van der Waals surface area contributed by atoms with Crippen LogP contribution in [-0.2, 0) is 0 Å². The monoisotopic (exact) mass is 345 g/mol. The van der Waals surface area contributed by atoms with Gasteiger partial charge < -0.3 is 20.4 Å². The minimum Gasteiger partial charge on any atom is -0.390 e. The van der Waals surface area contributed by atoms with Crippen LogP contribution < -0.4 is 0 Å². The third-order valence-electron chi connectivity index (χ3n) is 10.6. The topological polar surface area (TPSA) is 84.2 Å². The Hall–Kier alpha value is -0.460. The van der Waals surface area contributed by atoms with Crippen molar-refractivity contribution in [1.82, 2.24) is 4.90 Å². The molecule has 3 heterocycles. The number of piperidine rings is 2. The standard InChI is InChI=1S/C20H27NO4/c1-8-9-3-10-14-19-6-12(22)16(24)17(2)7-21(14)11(13(17)19)5-18(10,15(8)23)20(19,25)4-9/h9-16,22-25H,1,3-7H2,2H3/t9-,10+,11-,12+,13+,14+,15+,16+,17+,18-,19+,20-/m0/s1. The number of aliphatic hydroxyl groups excluding tert-OH is 3. The summed E-state index contributed by atoms with van der Waals surface area (Å²) in [5, 5.41) is 45.1. The summed E-state index contributed by atoms with van der Waals surface area (Å²) in [6, 6.07) is 0.579. The summed E-state index contributed by atoms with van der Waals surface area (Å²) in [5.41, 5.74) is -1.20. The number of rotatable bonds is 0. The summed E-state index contributed by atoms with van der Waals surface area (Å²) in [4.78, 5) is 2.57. The van der Waals surface area contributed by atoms with Crippen LogP contribution in [0.25, 0.3) is 0 Å². The summed E-state index contributed by atoms with van der Waals surface area (Å²) < 4.78 is 0. The van der Waals surface area contributed by atoms with E-state index in [9.17, 15) is 20.4 Å². The molecule has 0 aromatic carbocycles. The lowest BCUT2D eigenvalue weighted by molar-refractivity contribution is -0.289. The summed E-state index contributed by atoms with van der Waals surface area (Å²) in [5.74, 6) is 0.716. The molecular weight excluding hydrogens is 318 g/mol. The second-order valence-electron chi connectivity index (χ2n) is 10.8. The van der Waals surface area contributed by atoms with E-state index in [1.807, 2.05) is 0 Å². The molecule has 5 heteroatoms. The van der Waals surface area contributed by atoms with Gasteiger partial charge in [-0.15, -0.1) is 0 Å². The molecule has 2 spiro atoms. The van der Waals surface area contributed by atoms with E-state index in [0.29, 0.717) is 24.8 Å². The second kappa shape index (κ2) is 3.49. The van der Waals surface area contributed by atoms with E-state index in [0.717, 1.165) is 25.0 Å². The summed E-state index contributed by atoms with van der Waals surface area (Å²) >= 11 is 0. The Balaban J connectivity index is 1.55. The number of aliphatic hydroxyl groups is 4. The second-order valence-corrected chi connectivity index (χ2v) is 10.8. The van der Waals surface area contributed by atoms with Crippen molar-refractivity contribution in [3.8, 4) is 0 Å². The Kier molecular flexibility index (Phi) is 2.04. The van der Waals surface area contributed by atoms with E-state index < -0.39 is 29.3 Å². The van der Waals surface area contributed by atoms with Crippen molar-refractivity contribution in [2.24, 2.45) is 34.0 Å². The van der Waals surface area contributed by atoms with Crippen molar-refractivity contribution in [1.29, 1.82) is 0 Å². The SMILES string of the molecule is C=C1[C@H]2C[C@@H]3[C@H]4N5C[C@@]6(C)[C@H](O)[C@H](O)C[C@@]47[C@@H]6[C@@H]5C[C@]3([C@@H]1O)[C@@]7(O)C2. The molecule has 0 aromatic rings. The molecule has 0 radical (unpaired) electrons. The number of nitrogens with zero attached hydrogens (tertiary/aromatic N) is 1. The summed E-state index contributed by atoms with van der Waals surface area (Å²) in [7, 11) is 0. The first kappa shape index (κ1) is 14.6. The van der Waals surface area contributed by atoms with Gasteiger partial charge in [0.2, 0.25) is 0 Å². The van der Waals surface area contributed by atoms with Gasteiger partial charge in [-0.05, 0) is 49.0 Å². The molecule has 6 aliphatic carbocycles. The lowest BCUT2D eigenvalue weighted by Gasteiger charge is -2.69. The Morgan fingerprint density at radius 2 is 1.88 bits per heavy atom. The first-order valence-electron chi connectivity index (χ1n) is 9.95. The quantitative estimate of drug-likeness (QED) is 0.460. The fraction of sp³-hybridized carbons (Fsp3) is 0.900. The van der Waals surface area contributed by atoms with Gasteiger partial charge in [-0.2, -0.15) is 0 Å². The molecule has 5 nitrogen and oxygen atoms in total. The zero-order chi connectivity index (χ0) is 17.3. The molecule has 9 bridgehead atoms. The van der Waals surface area contributed by atoms with E-state index in [4.69, 9.17) is 0 Å². The van der Waals surface area contributed by atoms with Gasteiger partial charge in [-0.1, -0.05) is 13.5 Å². The zero-order valence-corrected chi connectivity index (χ0v) is 14.6. The molecular formula is C20H27NO4. The summed E-state index contributed by atoms with van der Waals surface area (Å²) in [6.07, 6.45) is 0.904. The number of hydrogen-bond donors (Lipinski definition) is 4. The molecule has 9 aliphatic rings. The summed E-state index contributed by atoms with van der Waals surface area (Å²) in [6.45, 7) is 7.13. The van der Waals surface area contributed by atoms with Crippen molar-refractivity contribution in [2.75, 3.05) is 6.54 Å². The molecule has 9 rings (SSSR count). The van der Waals surface area contributed by atoms with Gasteiger partial charge in [0.25, 0.3) is 0 Å². The molecule has 6 saturated carbocycles. The largest absolute Gasteiger partial charge is 0.390 e. The average Bonchev–Trinajstić information content (AvgIpc) is 2.97. The highest BCUT2D eigenvalue weighted by Gasteiger charge is 2.94. The van der Waals surface area contributed by atoms with E-state index in [1.54, 1.807) is 0 Å². The molecule has 1 unspecified atom stereocenters. The Morgan fingerprint density at radius 1 is 1.12 bits per heavy atom. The van der Waals surface area contributed by atoms with Crippen molar-refractivity contribution >= 4 is 0 Å². The maximum Gasteiger partial charge on any atom is 0.0868 e. The van der Waals surface area contributed by atoms with Gasteiger partial charge in [-0.3, -0.25) is 4.90 Å². The van der Waals surface area contributed by atoms with E-state index >= 15 is 0 Å². The lowest BCUT2D eigenvalue weighted by Crippen LogP contribution is -2.75. The van der Waals surface area contributed by atoms with Crippen LogP contribution in [0.15, 0.2) is 12.2 Å². The molecule has 25 heavy (non-hydrogen) atoms. The van der Waals surface area contributed by atoms with E-state index in [-0.39, 0.29) is 28.7 Å². The Labute approximate surface area is 147 Å². The average molecular weight is 345 g/mol. The third-order valence-corrected chi connectivity index (χ3v) is 10.6. The van der Waals surface area contributed by atoms with Crippen LogP contribution in [0, 0.1) is 34.0 Å². The first-order chi connectivity index (χ1) is 11.7. The molecule has 136 valence electrons. The third kappa shape index (κ3) is 0.981. The van der Waals surface area contributed by atoms with Crippen LogP contribution in [-0.4, -0.2) is 67.9 Å². The minimum atomic E-state index is -0.933. The van der Waals surface area contributed by atoms with Crippen molar-refractivity contribution in [2.45, 2.75) is 68.6 Å². The number of fused-ring (bicyclic) bond motifs is 1. The van der Waals surface area contributed by atoms with E-state index in [1.165, 1.54) is 0 Å². The van der Waals surface area contributed by atoms with Crippen LogP contribution in [0.3, 0.4) is 0 Å². The smallest absolute Gasteiger partial charge is 0.0868 e. The maximum atomic E-state index is 12.3. The van der Waals surface area contributed by atoms with Crippen LogP contribution in [0.1, 0.15) is 32.6 Å². The van der Waals surface area contributed by atoms with Crippen molar-refractivity contribution < 1.29 is 20.4 Å². The number of hydrogen-bond acceptors (Lipinski definition) is 5. The lowest BCUT2D eigenvalue weighted by atomic mass is 9.37. The maximum absolute atomic E-state index is 12.3. The molecule has 3 aliphatic heterocycles. The molecule has 9 fully saturated rings.